The third-order valence-corrected chi connectivity index (χ3v) is 7.68. The van der Waals surface area contributed by atoms with E-state index < -0.39 is 0 Å². The van der Waals surface area contributed by atoms with E-state index in [4.69, 9.17) is 0 Å². The Hall–Kier alpha value is -3.09. The Morgan fingerprint density at radius 2 is 1.36 bits per heavy atom. The lowest BCUT2D eigenvalue weighted by atomic mass is 9.96. The van der Waals surface area contributed by atoms with Crippen LogP contribution in [0.15, 0.2) is 78.9 Å². The lowest BCUT2D eigenvalue weighted by Gasteiger charge is -2.41. The lowest BCUT2D eigenvalue weighted by Crippen LogP contribution is -2.54. The number of amides is 1. The van der Waals surface area contributed by atoms with E-state index in [1.165, 1.54) is 29.8 Å². The number of rotatable bonds is 6. The van der Waals surface area contributed by atoms with Crippen molar-refractivity contribution in [1.29, 1.82) is 0 Å². The Kier molecular flexibility index (Phi) is 7.44. The molecule has 5 rings (SSSR count). The number of halogens is 2. The Balaban J connectivity index is 1.28. The van der Waals surface area contributed by atoms with Crippen molar-refractivity contribution in [1.82, 2.24) is 14.7 Å². The summed E-state index contributed by atoms with van der Waals surface area (Å²) in [5.74, 6) is -0.342. The zero-order valence-electron chi connectivity index (χ0n) is 20.7. The quantitative estimate of drug-likeness (QED) is 0.473. The number of carbonyl (C=O) groups excluding carboxylic acids is 1. The van der Waals surface area contributed by atoms with Crippen LogP contribution in [-0.4, -0.2) is 58.9 Å². The second-order valence-electron chi connectivity index (χ2n) is 9.97. The summed E-state index contributed by atoms with van der Waals surface area (Å²) in [7, 11) is 0. The van der Waals surface area contributed by atoms with Crippen LogP contribution in [0.4, 0.5) is 8.78 Å². The standard InChI is InChI=1S/C30H33F2N3O/c1-22-7-16-28(35(22)21-23-5-3-2-4-6-23)30(36)34-19-17-33(18-20-34)29(24-8-12-26(31)13-9-24)25-10-14-27(32)15-11-25/h2-6,8-15,22,28-29H,7,16-21H2,1H3/t22?,28-/m0/s1. The van der Waals surface area contributed by atoms with Crippen molar-refractivity contribution in [3.63, 3.8) is 0 Å². The summed E-state index contributed by atoms with van der Waals surface area (Å²) in [6.07, 6.45) is 1.92. The fourth-order valence-corrected chi connectivity index (χ4v) is 5.68. The molecule has 3 aromatic rings. The first-order valence-electron chi connectivity index (χ1n) is 12.8. The average molecular weight is 490 g/mol. The van der Waals surface area contributed by atoms with Crippen LogP contribution < -0.4 is 0 Å². The maximum absolute atomic E-state index is 13.6. The van der Waals surface area contributed by atoms with Crippen molar-refractivity contribution < 1.29 is 13.6 Å². The Bertz CT molecular complexity index is 1100. The smallest absolute Gasteiger partial charge is 0.240 e. The van der Waals surface area contributed by atoms with Gasteiger partial charge >= 0.3 is 0 Å². The van der Waals surface area contributed by atoms with Gasteiger partial charge < -0.3 is 4.90 Å². The first-order valence-corrected chi connectivity index (χ1v) is 12.8. The predicted molar refractivity (Wildman–Crippen MR) is 137 cm³/mol. The monoisotopic (exact) mass is 489 g/mol. The van der Waals surface area contributed by atoms with Gasteiger partial charge in [0.2, 0.25) is 5.91 Å². The number of hydrogen-bond donors (Lipinski definition) is 0. The highest BCUT2D eigenvalue weighted by Gasteiger charge is 2.39. The molecule has 2 heterocycles. The van der Waals surface area contributed by atoms with Gasteiger partial charge in [0.15, 0.2) is 0 Å². The molecular formula is C30H33F2N3O. The van der Waals surface area contributed by atoms with E-state index in [0.29, 0.717) is 32.2 Å². The Morgan fingerprint density at radius 1 is 0.806 bits per heavy atom. The minimum absolute atomic E-state index is 0.0863. The molecule has 0 radical (unpaired) electrons. The van der Waals surface area contributed by atoms with Crippen LogP contribution in [0.5, 0.6) is 0 Å². The zero-order chi connectivity index (χ0) is 25.1. The van der Waals surface area contributed by atoms with Crippen LogP contribution in [0.25, 0.3) is 0 Å². The highest BCUT2D eigenvalue weighted by molar-refractivity contribution is 5.82. The van der Waals surface area contributed by atoms with Crippen LogP contribution in [0.1, 0.15) is 42.5 Å². The van der Waals surface area contributed by atoms with Crippen molar-refractivity contribution in [3.8, 4) is 0 Å². The number of nitrogens with zero attached hydrogens (tertiary/aromatic N) is 3. The molecule has 6 heteroatoms. The number of benzene rings is 3. The van der Waals surface area contributed by atoms with Gasteiger partial charge in [-0.3, -0.25) is 14.6 Å². The maximum atomic E-state index is 13.6. The predicted octanol–water partition coefficient (Wildman–Crippen LogP) is 5.25. The van der Waals surface area contributed by atoms with E-state index in [1.807, 2.05) is 23.1 Å². The fraction of sp³-hybridized carbons (Fsp3) is 0.367. The molecule has 0 spiro atoms. The van der Waals surface area contributed by atoms with Gasteiger partial charge in [0.25, 0.3) is 0 Å². The molecule has 2 aliphatic rings. The normalized spacial score (nSPS) is 21.3. The number of carbonyl (C=O) groups is 1. The summed E-state index contributed by atoms with van der Waals surface area (Å²) in [6, 6.07) is 23.6. The van der Waals surface area contributed by atoms with E-state index in [-0.39, 0.29) is 29.6 Å². The lowest BCUT2D eigenvalue weighted by molar-refractivity contribution is -0.138. The van der Waals surface area contributed by atoms with E-state index in [1.54, 1.807) is 24.3 Å². The molecule has 0 aromatic heterocycles. The molecule has 0 bridgehead atoms. The van der Waals surface area contributed by atoms with Gasteiger partial charge in [0.1, 0.15) is 11.6 Å². The summed E-state index contributed by atoms with van der Waals surface area (Å²) in [5.41, 5.74) is 3.15. The molecule has 0 saturated carbocycles. The first-order chi connectivity index (χ1) is 17.5. The van der Waals surface area contributed by atoms with Crippen LogP contribution in [-0.2, 0) is 11.3 Å². The van der Waals surface area contributed by atoms with Crippen LogP contribution in [0.3, 0.4) is 0 Å². The van der Waals surface area contributed by atoms with Gasteiger partial charge in [-0.05, 0) is 60.7 Å². The summed E-state index contributed by atoms with van der Waals surface area (Å²) < 4.78 is 27.2. The number of hydrogen-bond acceptors (Lipinski definition) is 3. The second kappa shape index (κ2) is 10.9. The summed E-state index contributed by atoms with van der Waals surface area (Å²) in [4.78, 5) is 20.3. The molecule has 2 fully saturated rings. The molecule has 1 amide bonds. The fourth-order valence-electron chi connectivity index (χ4n) is 5.68. The molecule has 3 aromatic carbocycles. The number of piperazine rings is 1. The van der Waals surface area contributed by atoms with Crippen molar-refractivity contribution >= 4 is 5.91 Å². The summed E-state index contributed by atoms with van der Waals surface area (Å²) >= 11 is 0. The van der Waals surface area contributed by atoms with E-state index >= 15 is 0 Å². The molecule has 0 aliphatic carbocycles. The van der Waals surface area contributed by atoms with Gasteiger partial charge in [-0.25, -0.2) is 8.78 Å². The number of likely N-dealkylation sites (tertiary alicyclic amines) is 1. The maximum Gasteiger partial charge on any atom is 0.240 e. The Labute approximate surface area is 212 Å². The van der Waals surface area contributed by atoms with E-state index in [9.17, 15) is 13.6 Å². The van der Waals surface area contributed by atoms with Crippen molar-refractivity contribution in [2.45, 2.75) is 44.4 Å². The molecule has 0 N–H and O–H groups in total. The molecule has 2 atom stereocenters. The van der Waals surface area contributed by atoms with Crippen LogP contribution in [0.2, 0.25) is 0 Å². The van der Waals surface area contributed by atoms with E-state index in [2.05, 4.69) is 28.9 Å². The molecule has 36 heavy (non-hydrogen) atoms. The minimum atomic E-state index is -0.280. The minimum Gasteiger partial charge on any atom is -0.339 e. The highest BCUT2D eigenvalue weighted by atomic mass is 19.1. The molecule has 1 unspecified atom stereocenters. The van der Waals surface area contributed by atoms with E-state index in [0.717, 1.165) is 30.5 Å². The summed E-state index contributed by atoms with van der Waals surface area (Å²) in [6.45, 7) is 5.68. The third-order valence-electron chi connectivity index (χ3n) is 7.68. The molecular weight excluding hydrogens is 456 g/mol. The van der Waals surface area contributed by atoms with Gasteiger partial charge in [-0.15, -0.1) is 0 Å². The summed E-state index contributed by atoms with van der Waals surface area (Å²) in [5, 5.41) is 0. The van der Waals surface area contributed by atoms with Gasteiger partial charge in [-0.1, -0.05) is 54.6 Å². The topological polar surface area (TPSA) is 26.8 Å². The molecule has 188 valence electrons. The van der Waals surface area contributed by atoms with Gasteiger partial charge in [-0.2, -0.15) is 0 Å². The van der Waals surface area contributed by atoms with Gasteiger partial charge in [0.05, 0.1) is 12.1 Å². The average Bonchev–Trinajstić information content (AvgIpc) is 3.27. The Morgan fingerprint density at radius 3 is 1.92 bits per heavy atom. The molecule has 4 nitrogen and oxygen atoms in total. The van der Waals surface area contributed by atoms with Crippen molar-refractivity contribution in [3.05, 3.63) is 107 Å². The van der Waals surface area contributed by atoms with Gasteiger partial charge in [0, 0.05) is 38.8 Å². The third kappa shape index (κ3) is 5.35. The SMILES string of the molecule is CC1CC[C@@H](C(=O)N2CCN(C(c3ccc(F)cc3)c3ccc(F)cc3)CC2)N1Cc1ccccc1. The molecule has 2 saturated heterocycles. The zero-order valence-corrected chi connectivity index (χ0v) is 20.7. The second-order valence-corrected chi connectivity index (χ2v) is 9.97. The largest absolute Gasteiger partial charge is 0.339 e. The molecule has 2 aliphatic heterocycles. The van der Waals surface area contributed by atoms with Crippen LogP contribution >= 0.6 is 0 Å². The van der Waals surface area contributed by atoms with Crippen LogP contribution in [0, 0.1) is 11.6 Å². The highest BCUT2D eigenvalue weighted by Crippen LogP contribution is 2.32. The first kappa shape index (κ1) is 24.6. The van der Waals surface area contributed by atoms with Crippen molar-refractivity contribution in [2.24, 2.45) is 0 Å². The van der Waals surface area contributed by atoms with Crippen molar-refractivity contribution in [2.75, 3.05) is 26.2 Å².